The summed E-state index contributed by atoms with van der Waals surface area (Å²) < 4.78 is 23.9. The highest BCUT2D eigenvalue weighted by Gasteiger charge is 2.26. The van der Waals surface area contributed by atoms with E-state index in [0.717, 1.165) is 25.0 Å². The van der Waals surface area contributed by atoms with Gasteiger partial charge in [0.25, 0.3) is 0 Å². The summed E-state index contributed by atoms with van der Waals surface area (Å²) in [6.45, 7) is 4.12. The lowest BCUT2D eigenvalue weighted by atomic mass is 10.1. The van der Waals surface area contributed by atoms with E-state index in [9.17, 15) is 8.42 Å². The zero-order chi connectivity index (χ0) is 14.2. The first kappa shape index (κ1) is 13.6. The molecule has 4 nitrogen and oxygen atoms in total. The van der Waals surface area contributed by atoms with Crippen LogP contribution in [0.1, 0.15) is 18.9 Å². The first-order chi connectivity index (χ1) is 9.56. The molecule has 108 valence electrons. The second-order valence-electron chi connectivity index (χ2n) is 5.60. The summed E-state index contributed by atoms with van der Waals surface area (Å²) >= 11 is 0. The number of H-pyrrole nitrogens is 1. The summed E-state index contributed by atoms with van der Waals surface area (Å²) in [6.07, 6.45) is 2.68. The fraction of sp³-hybridized carbons (Fsp3) is 0.467. The minimum atomic E-state index is -2.90. The van der Waals surface area contributed by atoms with Crippen LogP contribution >= 0.6 is 0 Å². The highest BCUT2D eigenvalue weighted by atomic mass is 32.2. The van der Waals surface area contributed by atoms with Gasteiger partial charge in [-0.05, 0) is 37.6 Å². The zero-order valence-corrected chi connectivity index (χ0v) is 12.5. The molecule has 1 aromatic carbocycles. The summed E-state index contributed by atoms with van der Waals surface area (Å²) in [7, 11) is -2.90. The molecular formula is C15H20N2O2S. The Labute approximate surface area is 119 Å². The molecule has 3 rings (SSSR count). The average molecular weight is 292 g/mol. The van der Waals surface area contributed by atoms with Crippen molar-refractivity contribution in [2.45, 2.75) is 25.1 Å². The molecule has 2 heterocycles. The van der Waals surface area contributed by atoms with Gasteiger partial charge in [0.05, 0.1) is 11.0 Å². The van der Waals surface area contributed by atoms with E-state index in [1.165, 1.54) is 10.9 Å². The molecule has 1 aliphatic rings. The Morgan fingerprint density at radius 1 is 1.30 bits per heavy atom. The van der Waals surface area contributed by atoms with Gasteiger partial charge in [-0.25, -0.2) is 8.42 Å². The molecule has 1 unspecified atom stereocenters. The Balaban J connectivity index is 1.80. The molecule has 1 aliphatic heterocycles. The molecule has 0 radical (unpaired) electrons. The third kappa shape index (κ3) is 2.60. The summed E-state index contributed by atoms with van der Waals surface area (Å²) in [5, 5.41) is 1.02. The molecule has 0 aliphatic carbocycles. The van der Waals surface area contributed by atoms with Gasteiger partial charge in [0, 0.05) is 30.2 Å². The minimum absolute atomic E-state index is 0.212. The van der Waals surface area contributed by atoms with E-state index in [2.05, 4.69) is 28.1 Å². The third-order valence-electron chi connectivity index (χ3n) is 4.24. The number of nitrogens with zero attached hydrogens (tertiary/aromatic N) is 1. The van der Waals surface area contributed by atoms with Gasteiger partial charge >= 0.3 is 0 Å². The second-order valence-corrected chi connectivity index (χ2v) is 8.14. The van der Waals surface area contributed by atoms with Crippen molar-refractivity contribution in [3.05, 3.63) is 36.0 Å². The van der Waals surface area contributed by atoms with E-state index in [1.54, 1.807) is 0 Å². The van der Waals surface area contributed by atoms with Crippen molar-refractivity contribution in [2.75, 3.05) is 18.8 Å². The number of fused-ring (bicyclic) bond motifs is 1. The molecular weight excluding hydrogens is 272 g/mol. The van der Waals surface area contributed by atoms with Crippen LogP contribution in [-0.2, 0) is 16.4 Å². The number of nitrogens with one attached hydrogen (secondary N) is 1. The fourth-order valence-corrected chi connectivity index (χ4v) is 4.18. The first-order valence-electron chi connectivity index (χ1n) is 7.05. The van der Waals surface area contributed by atoms with E-state index in [0.29, 0.717) is 6.54 Å². The van der Waals surface area contributed by atoms with Gasteiger partial charge < -0.3 is 4.98 Å². The Hall–Kier alpha value is -1.33. The lowest BCUT2D eigenvalue weighted by Gasteiger charge is -2.19. The van der Waals surface area contributed by atoms with E-state index < -0.39 is 9.84 Å². The lowest BCUT2D eigenvalue weighted by molar-refractivity contribution is 0.284. The SMILES string of the molecule is CC1CCN(Cc2cccc3[nH]ccc23)CCS1(=O)=O. The van der Waals surface area contributed by atoms with Crippen molar-refractivity contribution >= 4 is 20.7 Å². The molecule has 5 heteroatoms. The Kier molecular flexibility index (Phi) is 3.56. The summed E-state index contributed by atoms with van der Waals surface area (Å²) in [6, 6.07) is 8.32. The van der Waals surface area contributed by atoms with Crippen molar-refractivity contribution in [2.24, 2.45) is 0 Å². The van der Waals surface area contributed by atoms with Crippen LogP contribution in [0.15, 0.2) is 30.5 Å². The summed E-state index contributed by atoms with van der Waals surface area (Å²) in [5.41, 5.74) is 2.40. The zero-order valence-electron chi connectivity index (χ0n) is 11.7. The number of rotatable bonds is 2. The quantitative estimate of drug-likeness (QED) is 0.923. The standard InChI is InChI=1S/C15H20N2O2S/c1-12-6-8-17(9-10-20(12,18)19)11-13-3-2-4-15-14(13)5-7-16-15/h2-5,7,12,16H,6,8-11H2,1H3. The Morgan fingerprint density at radius 3 is 3.00 bits per heavy atom. The molecule has 0 amide bonds. The molecule has 1 atom stereocenters. The maximum absolute atomic E-state index is 11.9. The number of hydrogen-bond donors (Lipinski definition) is 1. The summed E-state index contributed by atoms with van der Waals surface area (Å²) in [4.78, 5) is 5.47. The molecule has 2 aromatic rings. The highest BCUT2D eigenvalue weighted by molar-refractivity contribution is 7.92. The van der Waals surface area contributed by atoms with Gasteiger partial charge in [-0.1, -0.05) is 12.1 Å². The Morgan fingerprint density at radius 2 is 2.15 bits per heavy atom. The normalized spacial score (nSPS) is 23.8. The molecule has 1 fully saturated rings. The largest absolute Gasteiger partial charge is 0.361 e. The molecule has 1 saturated heterocycles. The van der Waals surface area contributed by atoms with Crippen LogP contribution < -0.4 is 0 Å². The number of aromatic nitrogens is 1. The average Bonchev–Trinajstić information content (AvgIpc) is 2.86. The predicted molar refractivity (Wildman–Crippen MR) is 81.4 cm³/mol. The maximum Gasteiger partial charge on any atom is 0.154 e. The van der Waals surface area contributed by atoms with Crippen LogP contribution in [0, 0.1) is 0 Å². The first-order valence-corrected chi connectivity index (χ1v) is 8.77. The van der Waals surface area contributed by atoms with Crippen molar-refractivity contribution in [1.29, 1.82) is 0 Å². The monoisotopic (exact) mass is 292 g/mol. The second kappa shape index (κ2) is 5.22. The van der Waals surface area contributed by atoms with Gasteiger partial charge in [-0.3, -0.25) is 4.90 Å². The maximum atomic E-state index is 11.9. The molecule has 20 heavy (non-hydrogen) atoms. The highest BCUT2D eigenvalue weighted by Crippen LogP contribution is 2.21. The van der Waals surface area contributed by atoms with Gasteiger partial charge in [-0.15, -0.1) is 0 Å². The van der Waals surface area contributed by atoms with E-state index >= 15 is 0 Å². The number of sulfone groups is 1. The van der Waals surface area contributed by atoms with Crippen molar-refractivity contribution in [3.8, 4) is 0 Å². The van der Waals surface area contributed by atoms with Gasteiger partial charge in [0.15, 0.2) is 9.84 Å². The van der Waals surface area contributed by atoms with Crippen LogP contribution in [0.5, 0.6) is 0 Å². The molecule has 0 bridgehead atoms. The molecule has 0 spiro atoms. The Bertz CT molecular complexity index is 705. The summed E-state index contributed by atoms with van der Waals surface area (Å²) in [5.74, 6) is 0.275. The van der Waals surface area contributed by atoms with E-state index in [1.807, 2.05) is 19.2 Å². The lowest BCUT2D eigenvalue weighted by Crippen LogP contribution is -2.26. The number of hydrogen-bond acceptors (Lipinski definition) is 3. The minimum Gasteiger partial charge on any atom is -0.361 e. The molecule has 1 aromatic heterocycles. The number of benzene rings is 1. The molecule has 0 saturated carbocycles. The van der Waals surface area contributed by atoms with Crippen LogP contribution in [0.2, 0.25) is 0 Å². The van der Waals surface area contributed by atoms with Crippen LogP contribution in [-0.4, -0.2) is 42.4 Å². The van der Waals surface area contributed by atoms with Crippen molar-refractivity contribution in [1.82, 2.24) is 9.88 Å². The topological polar surface area (TPSA) is 53.2 Å². The van der Waals surface area contributed by atoms with Crippen molar-refractivity contribution in [3.63, 3.8) is 0 Å². The van der Waals surface area contributed by atoms with Gasteiger partial charge in [0.2, 0.25) is 0 Å². The van der Waals surface area contributed by atoms with Gasteiger partial charge in [-0.2, -0.15) is 0 Å². The smallest absolute Gasteiger partial charge is 0.154 e. The molecule has 1 N–H and O–H groups in total. The van der Waals surface area contributed by atoms with Crippen molar-refractivity contribution < 1.29 is 8.42 Å². The number of aromatic amines is 1. The van der Waals surface area contributed by atoms with Gasteiger partial charge in [0.1, 0.15) is 0 Å². The van der Waals surface area contributed by atoms with Crippen LogP contribution in [0.3, 0.4) is 0 Å². The van der Waals surface area contributed by atoms with E-state index in [-0.39, 0.29) is 11.0 Å². The predicted octanol–water partition coefficient (Wildman–Crippen LogP) is 2.18. The van der Waals surface area contributed by atoms with Crippen LogP contribution in [0.4, 0.5) is 0 Å². The fourth-order valence-electron chi connectivity index (χ4n) is 2.80. The van der Waals surface area contributed by atoms with E-state index in [4.69, 9.17) is 0 Å². The van der Waals surface area contributed by atoms with Crippen LogP contribution in [0.25, 0.3) is 10.9 Å². The third-order valence-corrected chi connectivity index (χ3v) is 6.45.